The molecule has 2 N–H and O–H groups in total. The van der Waals surface area contributed by atoms with Crippen molar-refractivity contribution in [3.8, 4) is 5.75 Å². The third-order valence-corrected chi connectivity index (χ3v) is 2.39. The van der Waals surface area contributed by atoms with Gasteiger partial charge in [0.25, 0.3) is 0 Å². The molecule has 1 atom stereocenters. The van der Waals surface area contributed by atoms with Crippen molar-refractivity contribution in [1.82, 2.24) is 0 Å². The molecule has 88 valence electrons. The molecule has 0 aliphatic rings. The molecule has 0 radical (unpaired) electrons. The van der Waals surface area contributed by atoms with E-state index in [1.807, 2.05) is 0 Å². The van der Waals surface area contributed by atoms with Crippen LogP contribution < -0.4 is 4.90 Å². The number of carbonyl (C=O) groups is 1. The smallest absolute Gasteiger partial charge is 0.226 e. The second kappa shape index (κ2) is 5.51. The normalized spacial score (nSPS) is 12.2. The van der Waals surface area contributed by atoms with Gasteiger partial charge in [-0.05, 0) is 37.6 Å². The van der Waals surface area contributed by atoms with Crippen LogP contribution in [0, 0.1) is 0 Å². The summed E-state index contributed by atoms with van der Waals surface area (Å²) in [7, 11) is 1.68. The number of aliphatic hydroxyl groups excluding tert-OH is 1. The Morgan fingerprint density at radius 2 is 1.94 bits per heavy atom. The molecule has 0 saturated carbocycles. The number of aliphatic hydroxyl groups is 1. The average molecular weight is 223 g/mol. The molecule has 0 aliphatic carbocycles. The molecule has 0 saturated heterocycles. The monoisotopic (exact) mass is 223 g/mol. The highest BCUT2D eigenvalue weighted by molar-refractivity contribution is 5.92. The van der Waals surface area contributed by atoms with Gasteiger partial charge >= 0.3 is 0 Å². The molecule has 1 rings (SSSR count). The first-order valence-corrected chi connectivity index (χ1v) is 5.24. The second-order valence-electron chi connectivity index (χ2n) is 3.86. The van der Waals surface area contributed by atoms with Gasteiger partial charge in [0.15, 0.2) is 0 Å². The van der Waals surface area contributed by atoms with Gasteiger partial charge in [-0.1, -0.05) is 0 Å². The molecule has 0 spiro atoms. The molecule has 1 amide bonds. The van der Waals surface area contributed by atoms with Crippen molar-refractivity contribution in [2.24, 2.45) is 0 Å². The summed E-state index contributed by atoms with van der Waals surface area (Å²) in [5.41, 5.74) is 0.730. The number of phenolic OH excluding ortho intramolecular Hbond substituents is 1. The maximum Gasteiger partial charge on any atom is 0.226 e. The second-order valence-corrected chi connectivity index (χ2v) is 3.86. The molecule has 0 aromatic heterocycles. The lowest BCUT2D eigenvalue weighted by molar-refractivity contribution is -0.118. The molecule has 0 fully saturated rings. The maximum atomic E-state index is 11.7. The number of rotatable bonds is 4. The molecule has 4 nitrogen and oxygen atoms in total. The van der Waals surface area contributed by atoms with E-state index in [-0.39, 0.29) is 11.7 Å². The predicted molar refractivity (Wildman–Crippen MR) is 62.4 cm³/mol. The first kappa shape index (κ1) is 12.5. The number of anilines is 1. The van der Waals surface area contributed by atoms with Crippen molar-refractivity contribution >= 4 is 11.6 Å². The van der Waals surface area contributed by atoms with E-state index in [1.54, 1.807) is 26.1 Å². The Kier molecular flexibility index (Phi) is 4.31. The molecular weight excluding hydrogens is 206 g/mol. The Morgan fingerprint density at radius 3 is 2.44 bits per heavy atom. The van der Waals surface area contributed by atoms with Gasteiger partial charge in [0, 0.05) is 19.2 Å². The molecule has 0 aliphatic heterocycles. The summed E-state index contributed by atoms with van der Waals surface area (Å²) < 4.78 is 0. The summed E-state index contributed by atoms with van der Waals surface area (Å²) in [5.74, 6) is 0.125. The fourth-order valence-electron chi connectivity index (χ4n) is 1.32. The molecule has 1 aromatic rings. The molecular formula is C12H17NO3. The van der Waals surface area contributed by atoms with Crippen LogP contribution in [0.1, 0.15) is 19.8 Å². The van der Waals surface area contributed by atoms with Crippen LogP contribution in [0.25, 0.3) is 0 Å². The van der Waals surface area contributed by atoms with Crippen LogP contribution in [0.3, 0.4) is 0 Å². The fourth-order valence-corrected chi connectivity index (χ4v) is 1.32. The van der Waals surface area contributed by atoms with Crippen molar-refractivity contribution < 1.29 is 15.0 Å². The van der Waals surface area contributed by atoms with Gasteiger partial charge in [0.2, 0.25) is 5.91 Å². The van der Waals surface area contributed by atoms with E-state index in [0.29, 0.717) is 12.8 Å². The largest absolute Gasteiger partial charge is 0.508 e. The molecule has 1 aromatic carbocycles. The number of carbonyl (C=O) groups excluding carboxylic acids is 1. The van der Waals surface area contributed by atoms with Gasteiger partial charge in [-0.25, -0.2) is 0 Å². The number of amides is 1. The molecule has 1 unspecified atom stereocenters. The van der Waals surface area contributed by atoms with Crippen molar-refractivity contribution in [2.45, 2.75) is 25.9 Å². The van der Waals surface area contributed by atoms with E-state index < -0.39 is 6.10 Å². The van der Waals surface area contributed by atoms with Crippen LogP contribution in [0.2, 0.25) is 0 Å². The highest BCUT2D eigenvalue weighted by atomic mass is 16.3. The number of hydrogen-bond donors (Lipinski definition) is 2. The Bertz CT molecular complexity index is 346. The lowest BCUT2D eigenvalue weighted by Gasteiger charge is -2.17. The summed E-state index contributed by atoms with van der Waals surface area (Å²) in [4.78, 5) is 13.2. The zero-order valence-electron chi connectivity index (χ0n) is 9.55. The van der Waals surface area contributed by atoms with Crippen molar-refractivity contribution in [3.63, 3.8) is 0 Å². The Morgan fingerprint density at radius 1 is 1.38 bits per heavy atom. The van der Waals surface area contributed by atoms with Crippen LogP contribution in [0.4, 0.5) is 5.69 Å². The van der Waals surface area contributed by atoms with Crippen LogP contribution in [0.15, 0.2) is 24.3 Å². The number of nitrogens with zero attached hydrogens (tertiary/aromatic N) is 1. The Labute approximate surface area is 95.1 Å². The molecule has 16 heavy (non-hydrogen) atoms. The van der Waals surface area contributed by atoms with E-state index in [9.17, 15) is 4.79 Å². The quantitative estimate of drug-likeness (QED) is 0.813. The van der Waals surface area contributed by atoms with Gasteiger partial charge in [-0.15, -0.1) is 0 Å². The molecule has 0 bridgehead atoms. The zero-order valence-corrected chi connectivity index (χ0v) is 9.55. The summed E-state index contributed by atoms with van der Waals surface area (Å²) >= 11 is 0. The van der Waals surface area contributed by atoms with Gasteiger partial charge in [0.05, 0.1) is 6.10 Å². The third kappa shape index (κ3) is 3.55. The minimum atomic E-state index is -0.461. The number of hydrogen-bond acceptors (Lipinski definition) is 3. The van der Waals surface area contributed by atoms with E-state index >= 15 is 0 Å². The van der Waals surface area contributed by atoms with Crippen LogP contribution in [-0.2, 0) is 4.79 Å². The lowest BCUT2D eigenvalue weighted by atomic mass is 10.2. The van der Waals surface area contributed by atoms with E-state index in [4.69, 9.17) is 10.2 Å². The summed E-state index contributed by atoms with van der Waals surface area (Å²) in [6.07, 6.45) is 0.313. The van der Waals surface area contributed by atoms with E-state index in [2.05, 4.69) is 0 Å². The topological polar surface area (TPSA) is 60.8 Å². The number of benzene rings is 1. The minimum Gasteiger partial charge on any atom is -0.508 e. The number of phenols is 1. The molecule has 0 heterocycles. The SMILES string of the molecule is CC(O)CCC(=O)N(C)c1ccc(O)cc1. The Hall–Kier alpha value is -1.55. The van der Waals surface area contributed by atoms with Gasteiger partial charge < -0.3 is 15.1 Å². The lowest BCUT2D eigenvalue weighted by Crippen LogP contribution is -2.26. The van der Waals surface area contributed by atoms with Crippen LogP contribution >= 0.6 is 0 Å². The van der Waals surface area contributed by atoms with Gasteiger partial charge in [-0.2, -0.15) is 0 Å². The summed E-state index contributed by atoms with van der Waals surface area (Å²) in [5, 5.41) is 18.2. The Balaban J connectivity index is 2.59. The van der Waals surface area contributed by atoms with E-state index in [1.165, 1.54) is 17.0 Å². The van der Waals surface area contributed by atoms with Gasteiger partial charge in [-0.3, -0.25) is 4.79 Å². The predicted octanol–water partition coefficient (Wildman–Crippen LogP) is 1.52. The third-order valence-electron chi connectivity index (χ3n) is 2.39. The maximum absolute atomic E-state index is 11.7. The average Bonchev–Trinajstić information content (AvgIpc) is 2.26. The zero-order chi connectivity index (χ0) is 12.1. The highest BCUT2D eigenvalue weighted by Gasteiger charge is 2.11. The standard InChI is InChI=1S/C12H17NO3/c1-9(14)3-8-12(16)13(2)10-4-6-11(15)7-5-10/h4-7,9,14-15H,3,8H2,1-2H3. The van der Waals surface area contributed by atoms with Crippen LogP contribution in [0.5, 0.6) is 5.75 Å². The summed E-state index contributed by atoms with van der Waals surface area (Å²) in [6.45, 7) is 1.66. The van der Waals surface area contributed by atoms with Crippen molar-refractivity contribution in [3.05, 3.63) is 24.3 Å². The van der Waals surface area contributed by atoms with Crippen molar-refractivity contribution in [2.75, 3.05) is 11.9 Å². The first-order chi connectivity index (χ1) is 7.50. The minimum absolute atomic E-state index is 0.0495. The fraction of sp³-hybridized carbons (Fsp3) is 0.417. The van der Waals surface area contributed by atoms with Crippen molar-refractivity contribution in [1.29, 1.82) is 0 Å². The number of aromatic hydroxyl groups is 1. The van der Waals surface area contributed by atoms with Crippen LogP contribution in [-0.4, -0.2) is 29.3 Å². The van der Waals surface area contributed by atoms with Gasteiger partial charge in [0.1, 0.15) is 5.75 Å². The molecule has 4 heteroatoms. The summed E-state index contributed by atoms with van der Waals surface area (Å²) in [6, 6.07) is 6.42. The van der Waals surface area contributed by atoms with E-state index in [0.717, 1.165) is 5.69 Å². The highest BCUT2D eigenvalue weighted by Crippen LogP contribution is 2.18. The first-order valence-electron chi connectivity index (χ1n) is 5.24.